The summed E-state index contributed by atoms with van der Waals surface area (Å²) in [5, 5.41) is 9.97. The largest absolute Gasteiger partial charge is 0.390 e. The minimum Gasteiger partial charge on any atom is -0.390 e. The van der Waals surface area contributed by atoms with Gasteiger partial charge in [-0.05, 0) is 31.0 Å². The van der Waals surface area contributed by atoms with Crippen LogP contribution in [0, 0.1) is 13.8 Å². The predicted octanol–water partition coefficient (Wildman–Crippen LogP) is 0.472. The van der Waals surface area contributed by atoms with Gasteiger partial charge in [-0.15, -0.1) is 0 Å². The van der Waals surface area contributed by atoms with Gasteiger partial charge < -0.3 is 5.11 Å². The molecule has 0 bridgehead atoms. The number of aliphatic hydroxyl groups is 1. The van der Waals surface area contributed by atoms with Crippen LogP contribution in [0.4, 0.5) is 0 Å². The fourth-order valence-corrected chi connectivity index (χ4v) is 6.65. The average Bonchev–Trinajstić information content (AvgIpc) is 2.66. The Hall–Kier alpha value is -0.960. The first-order valence-electron chi connectivity index (χ1n) is 7.06. The maximum absolute atomic E-state index is 12.9. The van der Waals surface area contributed by atoms with Gasteiger partial charge in [-0.2, -0.15) is 4.31 Å². The molecular formula is C14H21NO5S2. The first-order valence-corrected chi connectivity index (χ1v) is 10.3. The normalized spacial score (nSPS) is 24.8. The first-order chi connectivity index (χ1) is 10.1. The van der Waals surface area contributed by atoms with Crippen molar-refractivity contribution in [1.29, 1.82) is 0 Å². The molecule has 0 radical (unpaired) electrons. The van der Waals surface area contributed by atoms with E-state index < -0.39 is 37.8 Å². The van der Waals surface area contributed by atoms with E-state index >= 15 is 0 Å². The van der Waals surface area contributed by atoms with Crippen LogP contribution in [0.5, 0.6) is 0 Å². The molecule has 0 aliphatic carbocycles. The molecule has 2 atom stereocenters. The minimum absolute atomic E-state index is 0.104. The van der Waals surface area contributed by atoms with Crippen LogP contribution in [-0.2, 0) is 19.9 Å². The minimum atomic E-state index is -3.86. The second kappa shape index (κ2) is 5.92. The predicted molar refractivity (Wildman–Crippen MR) is 83.9 cm³/mol. The zero-order chi connectivity index (χ0) is 16.7. The van der Waals surface area contributed by atoms with E-state index in [4.69, 9.17) is 0 Å². The molecule has 0 spiro atoms. The second-order valence-electron chi connectivity index (χ2n) is 5.69. The average molecular weight is 347 g/mol. The van der Waals surface area contributed by atoms with Gasteiger partial charge in [0.05, 0.1) is 28.5 Å². The Morgan fingerprint density at radius 3 is 2.41 bits per heavy atom. The fourth-order valence-electron chi connectivity index (χ4n) is 2.78. The molecule has 1 saturated heterocycles. The summed E-state index contributed by atoms with van der Waals surface area (Å²) in [6.07, 6.45) is -1.19. The number of aryl methyl sites for hydroxylation is 2. The molecule has 1 aromatic rings. The standard InChI is InChI=1S/C14H21NO5S2/c1-4-15(12-8-21(17,18)9-13(12)16)22(19,20)14-7-10(2)5-6-11(14)3/h5-7,12-13,16H,4,8-9H2,1-3H3/t12-,13-/m1/s1. The van der Waals surface area contributed by atoms with Crippen LogP contribution in [-0.4, -0.2) is 56.4 Å². The summed E-state index contributed by atoms with van der Waals surface area (Å²) in [7, 11) is -7.28. The Balaban J connectivity index is 2.48. The summed E-state index contributed by atoms with van der Waals surface area (Å²) in [4.78, 5) is 0.158. The quantitative estimate of drug-likeness (QED) is 0.855. The SMILES string of the molecule is CCN([C@@H]1CS(=O)(=O)C[C@H]1O)S(=O)(=O)c1cc(C)ccc1C. The zero-order valence-corrected chi connectivity index (χ0v) is 14.5. The smallest absolute Gasteiger partial charge is 0.243 e. The van der Waals surface area contributed by atoms with Crippen molar-refractivity contribution in [2.24, 2.45) is 0 Å². The number of hydrogen-bond acceptors (Lipinski definition) is 5. The summed E-state index contributed by atoms with van der Waals surface area (Å²) in [5.74, 6) is -0.734. The maximum Gasteiger partial charge on any atom is 0.243 e. The number of sulfonamides is 1. The lowest BCUT2D eigenvalue weighted by atomic mass is 10.2. The molecule has 1 heterocycles. The summed E-state index contributed by atoms with van der Waals surface area (Å²) in [5.41, 5.74) is 1.40. The number of likely N-dealkylation sites (N-methyl/N-ethyl adjacent to an activating group) is 1. The summed E-state index contributed by atoms with van der Waals surface area (Å²) in [6.45, 7) is 5.24. The van der Waals surface area contributed by atoms with Gasteiger partial charge in [-0.3, -0.25) is 0 Å². The van der Waals surface area contributed by atoms with Crippen LogP contribution in [0.2, 0.25) is 0 Å². The summed E-state index contributed by atoms with van der Waals surface area (Å²) in [6, 6.07) is 4.18. The van der Waals surface area contributed by atoms with Crippen molar-refractivity contribution < 1.29 is 21.9 Å². The molecule has 1 N–H and O–H groups in total. The molecule has 2 rings (SSSR count). The molecule has 1 aromatic carbocycles. The van der Waals surface area contributed by atoms with Crippen molar-refractivity contribution in [3.63, 3.8) is 0 Å². The van der Waals surface area contributed by atoms with Crippen molar-refractivity contribution >= 4 is 19.9 Å². The van der Waals surface area contributed by atoms with Gasteiger partial charge in [0.2, 0.25) is 10.0 Å². The molecule has 6 nitrogen and oxygen atoms in total. The van der Waals surface area contributed by atoms with Crippen molar-refractivity contribution in [1.82, 2.24) is 4.31 Å². The highest BCUT2D eigenvalue weighted by Crippen LogP contribution is 2.27. The molecule has 0 amide bonds. The number of benzene rings is 1. The first kappa shape index (κ1) is 17.4. The number of hydrogen-bond donors (Lipinski definition) is 1. The van der Waals surface area contributed by atoms with Gasteiger partial charge in [0.1, 0.15) is 0 Å². The maximum atomic E-state index is 12.9. The Bertz CT molecular complexity index is 770. The van der Waals surface area contributed by atoms with Gasteiger partial charge >= 0.3 is 0 Å². The highest BCUT2D eigenvalue weighted by Gasteiger charge is 2.44. The van der Waals surface area contributed by atoms with Crippen LogP contribution in [0.15, 0.2) is 23.1 Å². The number of aliphatic hydroxyl groups excluding tert-OH is 1. The molecule has 1 aliphatic rings. The van der Waals surface area contributed by atoms with Crippen molar-refractivity contribution in [2.45, 2.75) is 37.8 Å². The highest BCUT2D eigenvalue weighted by atomic mass is 32.2. The molecular weight excluding hydrogens is 326 g/mol. The van der Waals surface area contributed by atoms with E-state index in [0.29, 0.717) is 5.56 Å². The topological polar surface area (TPSA) is 91.8 Å². The number of rotatable bonds is 4. The van der Waals surface area contributed by atoms with Crippen molar-refractivity contribution in [3.05, 3.63) is 29.3 Å². The molecule has 0 aromatic heterocycles. The van der Waals surface area contributed by atoms with Gasteiger partial charge in [0, 0.05) is 6.54 Å². The van der Waals surface area contributed by atoms with Gasteiger partial charge in [-0.1, -0.05) is 19.1 Å². The van der Waals surface area contributed by atoms with Gasteiger partial charge in [0.25, 0.3) is 0 Å². The van der Waals surface area contributed by atoms with Crippen LogP contribution >= 0.6 is 0 Å². The lowest BCUT2D eigenvalue weighted by Crippen LogP contribution is -2.46. The van der Waals surface area contributed by atoms with Gasteiger partial charge in [0.15, 0.2) is 9.84 Å². The highest BCUT2D eigenvalue weighted by molar-refractivity contribution is 7.92. The monoisotopic (exact) mass is 347 g/mol. The van der Waals surface area contributed by atoms with Crippen LogP contribution in [0.25, 0.3) is 0 Å². The Morgan fingerprint density at radius 1 is 1.27 bits per heavy atom. The summed E-state index contributed by atoms with van der Waals surface area (Å²) >= 11 is 0. The lowest BCUT2D eigenvalue weighted by Gasteiger charge is -2.28. The number of sulfone groups is 1. The van der Waals surface area contributed by atoms with E-state index in [-0.39, 0.29) is 17.2 Å². The Kier molecular flexibility index (Phi) is 4.68. The molecule has 0 unspecified atom stereocenters. The fraction of sp³-hybridized carbons (Fsp3) is 0.571. The molecule has 0 saturated carbocycles. The Morgan fingerprint density at radius 2 is 1.91 bits per heavy atom. The summed E-state index contributed by atoms with van der Waals surface area (Å²) < 4.78 is 50.3. The van der Waals surface area contributed by atoms with E-state index in [1.54, 1.807) is 32.9 Å². The number of nitrogens with zero attached hydrogens (tertiary/aromatic N) is 1. The molecule has 8 heteroatoms. The van der Waals surface area contributed by atoms with E-state index in [1.165, 1.54) is 0 Å². The third-order valence-electron chi connectivity index (χ3n) is 3.91. The van der Waals surface area contributed by atoms with Crippen LogP contribution < -0.4 is 0 Å². The van der Waals surface area contributed by atoms with E-state index in [9.17, 15) is 21.9 Å². The second-order valence-corrected chi connectivity index (χ2v) is 9.70. The van der Waals surface area contributed by atoms with Crippen molar-refractivity contribution in [2.75, 3.05) is 18.1 Å². The van der Waals surface area contributed by atoms with E-state index in [0.717, 1.165) is 9.87 Å². The lowest BCUT2D eigenvalue weighted by molar-refractivity contribution is 0.130. The molecule has 1 aliphatic heterocycles. The van der Waals surface area contributed by atoms with Crippen LogP contribution in [0.3, 0.4) is 0 Å². The molecule has 22 heavy (non-hydrogen) atoms. The Labute approximate surface area is 131 Å². The van der Waals surface area contributed by atoms with E-state index in [2.05, 4.69) is 0 Å². The zero-order valence-electron chi connectivity index (χ0n) is 12.9. The third-order valence-corrected chi connectivity index (χ3v) is 7.75. The van der Waals surface area contributed by atoms with Crippen LogP contribution in [0.1, 0.15) is 18.1 Å². The molecule has 1 fully saturated rings. The molecule has 124 valence electrons. The van der Waals surface area contributed by atoms with Crippen molar-refractivity contribution in [3.8, 4) is 0 Å². The van der Waals surface area contributed by atoms with E-state index in [1.807, 2.05) is 6.07 Å². The van der Waals surface area contributed by atoms with Gasteiger partial charge in [-0.25, -0.2) is 16.8 Å². The third kappa shape index (κ3) is 3.19.